The number of likely N-dealkylation sites (tertiary alicyclic amines) is 1. The topological polar surface area (TPSA) is 29.5 Å². The van der Waals surface area contributed by atoms with Gasteiger partial charge in [-0.05, 0) is 57.2 Å². The number of hydrogen-bond donors (Lipinski definition) is 0. The minimum absolute atomic E-state index is 0.0594. The molecule has 0 bridgehead atoms. The lowest BCUT2D eigenvalue weighted by atomic mass is 9.68. The molecule has 0 unspecified atom stereocenters. The Morgan fingerprint density at radius 3 is 2.32 bits per heavy atom. The summed E-state index contributed by atoms with van der Waals surface area (Å²) in [5, 5.41) is 0. The maximum Gasteiger partial charge on any atom is 0.316 e. The first-order valence-electron chi connectivity index (χ1n) is 8.64. The lowest BCUT2D eigenvalue weighted by Gasteiger charge is -2.43. The van der Waals surface area contributed by atoms with Gasteiger partial charge in [-0.2, -0.15) is 0 Å². The van der Waals surface area contributed by atoms with E-state index < -0.39 is 5.41 Å². The molecule has 0 amide bonds. The number of nitrogens with zero attached hydrogens (tertiary/aromatic N) is 1. The van der Waals surface area contributed by atoms with Gasteiger partial charge in [0.25, 0.3) is 0 Å². The Morgan fingerprint density at radius 1 is 1.09 bits per heavy atom. The van der Waals surface area contributed by atoms with Crippen molar-refractivity contribution in [2.24, 2.45) is 0 Å². The second kappa shape index (κ2) is 6.82. The fourth-order valence-corrected chi connectivity index (χ4v) is 4.31. The average molecular weight is 301 g/mol. The van der Waals surface area contributed by atoms with E-state index in [9.17, 15) is 4.79 Å². The van der Waals surface area contributed by atoms with Crippen molar-refractivity contribution in [1.29, 1.82) is 0 Å². The maximum atomic E-state index is 12.5. The molecule has 3 nitrogen and oxygen atoms in total. The predicted octanol–water partition coefficient (Wildman–Crippen LogP) is 3.53. The quantitative estimate of drug-likeness (QED) is 0.800. The summed E-state index contributed by atoms with van der Waals surface area (Å²) in [4.78, 5) is 15.2. The highest BCUT2D eigenvalue weighted by Gasteiger charge is 2.45. The molecule has 1 aromatic carbocycles. The third-order valence-corrected chi connectivity index (χ3v) is 5.62. The number of methoxy groups -OCH3 is 1. The van der Waals surface area contributed by atoms with Gasteiger partial charge in [-0.25, -0.2) is 0 Å². The van der Waals surface area contributed by atoms with Gasteiger partial charge in [-0.3, -0.25) is 4.79 Å². The summed E-state index contributed by atoms with van der Waals surface area (Å²) >= 11 is 0. The molecule has 1 saturated heterocycles. The summed E-state index contributed by atoms with van der Waals surface area (Å²) in [7, 11) is 1.52. The van der Waals surface area contributed by atoms with Gasteiger partial charge in [-0.15, -0.1) is 0 Å². The van der Waals surface area contributed by atoms with Crippen molar-refractivity contribution >= 4 is 5.97 Å². The normalized spacial score (nSPS) is 30.0. The minimum atomic E-state index is -0.428. The first kappa shape index (κ1) is 15.5. The minimum Gasteiger partial charge on any atom is -0.468 e. The number of esters is 1. The van der Waals surface area contributed by atoms with Crippen LogP contribution in [0.5, 0.6) is 0 Å². The van der Waals surface area contributed by atoms with Gasteiger partial charge >= 0.3 is 5.97 Å². The molecule has 3 rings (SSSR count). The van der Waals surface area contributed by atoms with Gasteiger partial charge in [0, 0.05) is 6.04 Å². The molecular weight excluding hydrogens is 274 g/mol. The molecule has 0 radical (unpaired) electrons. The Kier molecular flexibility index (Phi) is 4.82. The number of carbonyl (C=O) groups is 1. The number of ether oxygens (including phenoxy) is 1. The SMILES string of the molecule is COC(=O)C1(c2ccccc2)CCC(N2CCCCC2)CC1. The highest BCUT2D eigenvalue weighted by Crippen LogP contribution is 2.42. The second-order valence-electron chi connectivity index (χ2n) is 6.77. The van der Waals surface area contributed by atoms with Crippen LogP contribution in [0, 0.1) is 0 Å². The zero-order chi connectivity index (χ0) is 15.4. The van der Waals surface area contributed by atoms with Crippen LogP contribution in [0.25, 0.3) is 0 Å². The van der Waals surface area contributed by atoms with E-state index in [1.807, 2.05) is 18.2 Å². The average Bonchev–Trinajstić information content (AvgIpc) is 2.62. The Labute approximate surface area is 133 Å². The third-order valence-electron chi connectivity index (χ3n) is 5.62. The van der Waals surface area contributed by atoms with E-state index in [0.29, 0.717) is 6.04 Å². The van der Waals surface area contributed by atoms with E-state index in [0.717, 1.165) is 31.2 Å². The van der Waals surface area contributed by atoms with Crippen LogP contribution in [0.4, 0.5) is 0 Å². The van der Waals surface area contributed by atoms with Crippen molar-refractivity contribution < 1.29 is 9.53 Å². The lowest BCUT2D eigenvalue weighted by molar-refractivity contribution is -0.149. The molecule has 0 atom stereocenters. The van der Waals surface area contributed by atoms with E-state index >= 15 is 0 Å². The Balaban J connectivity index is 1.75. The van der Waals surface area contributed by atoms with Gasteiger partial charge in [-0.1, -0.05) is 36.8 Å². The predicted molar refractivity (Wildman–Crippen MR) is 87.8 cm³/mol. The van der Waals surface area contributed by atoms with E-state index in [1.165, 1.54) is 39.5 Å². The number of rotatable bonds is 3. The van der Waals surface area contributed by atoms with Crippen molar-refractivity contribution in [3.05, 3.63) is 35.9 Å². The standard InChI is InChI=1S/C19H27NO2/c1-22-18(21)19(16-8-4-2-5-9-16)12-10-17(11-13-19)20-14-6-3-7-15-20/h2,4-5,8-9,17H,3,6-7,10-15H2,1H3. The molecule has 0 spiro atoms. The molecule has 1 saturated carbocycles. The lowest BCUT2D eigenvalue weighted by Crippen LogP contribution is -2.47. The fraction of sp³-hybridized carbons (Fsp3) is 0.632. The van der Waals surface area contributed by atoms with Gasteiger partial charge in [0.15, 0.2) is 0 Å². The number of carbonyl (C=O) groups excluding carboxylic acids is 1. The van der Waals surface area contributed by atoms with Crippen molar-refractivity contribution in [2.45, 2.75) is 56.4 Å². The molecule has 2 aliphatic rings. The molecule has 1 heterocycles. The van der Waals surface area contributed by atoms with Crippen molar-refractivity contribution in [1.82, 2.24) is 4.90 Å². The summed E-state index contributed by atoms with van der Waals surface area (Å²) in [5.41, 5.74) is 0.696. The highest BCUT2D eigenvalue weighted by molar-refractivity contribution is 5.83. The molecule has 120 valence electrons. The first-order chi connectivity index (χ1) is 10.8. The van der Waals surface area contributed by atoms with Crippen LogP contribution in [0.1, 0.15) is 50.5 Å². The summed E-state index contributed by atoms with van der Waals surface area (Å²) in [6, 6.07) is 10.9. The summed E-state index contributed by atoms with van der Waals surface area (Å²) in [6.07, 6.45) is 8.05. The Bertz CT molecular complexity index is 485. The van der Waals surface area contributed by atoms with Crippen LogP contribution in [-0.4, -0.2) is 37.1 Å². The molecule has 1 aliphatic heterocycles. The number of hydrogen-bond acceptors (Lipinski definition) is 3. The molecule has 1 aliphatic carbocycles. The first-order valence-corrected chi connectivity index (χ1v) is 8.64. The summed E-state index contributed by atoms with van der Waals surface area (Å²) in [6.45, 7) is 2.47. The zero-order valence-corrected chi connectivity index (χ0v) is 13.6. The van der Waals surface area contributed by atoms with Crippen LogP contribution in [0.3, 0.4) is 0 Å². The van der Waals surface area contributed by atoms with E-state index in [-0.39, 0.29) is 5.97 Å². The van der Waals surface area contributed by atoms with Crippen LogP contribution >= 0.6 is 0 Å². The van der Waals surface area contributed by atoms with Crippen LogP contribution in [0.15, 0.2) is 30.3 Å². The molecule has 3 heteroatoms. The van der Waals surface area contributed by atoms with Gasteiger partial charge < -0.3 is 9.64 Å². The number of piperidine rings is 1. The molecule has 1 aromatic rings. The van der Waals surface area contributed by atoms with Crippen LogP contribution in [-0.2, 0) is 14.9 Å². The van der Waals surface area contributed by atoms with Gasteiger partial charge in [0.1, 0.15) is 0 Å². The molecule has 2 fully saturated rings. The van der Waals surface area contributed by atoms with Gasteiger partial charge in [0.05, 0.1) is 12.5 Å². The Hall–Kier alpha value is -1.35. The monoisotopic (exact) mass is 301 g/mol. The van der Waals surface area contributed by atoms with Crippen molar-refractivity contribution in [3.63, 3.8) is 0 Å². The molecule has 0 N–H and O–H groups in total. The van der Waals surface area contributed by atoms with E-state index in [4.69, 9.17) is 4.74 Å². The second-order valence-corrected chi connectivity index (χ2v) is 6.77. The smallest absolute Gasteiger partial charge is 0.316 e. The van der Waals surface area contributed by atoms with Crippen LogP contribution in [0.2, 0.25) is 0 Å². The van der Waals surface area contributed by atoms with Crippen molar-refractivity contribution in [3.8, 4) is 0 Å². The van der Waals surface area contributed by atoms with E-state index in [2.05, 4.69) is 17.0 Å². The molecule has 22 heavy (non-hydrogen) atoms. The summed E-state index contributed by atoms with van der Waals surface area (Å²) < 4.78 is 5.18. The largest absolute Gasteiger partial charge is 0.468 e. The fourth-order valence-electron chi connectivity index (χ4n) is 4.31. The third kappa shape index (κ3) is 2.91. The molecular formula is C19H27NO2. The summed E-state index contributed by atoms with van der Waals surface area (Å²) in [5.74, 6) is -0.0594. The van der Waals surface area contributed by atoms with Gasteiger partial charge in [0.2, 0.25) is 0 Å². The zero-order valence-electron chi connectivity index (χ0n) is 13.6. The highest BCUT2D eigenvalue weighted by atomic mass is 16.5. The molecule has 0 aromatic heterocycles. The van der Waals surface area contributed by atoms with Crippen LogP contribution < -0.4 is 0 Å². The van der Waals surface area contributed by atoms with E-state index in [1.54, 1.807) is 0 Å². The Morgan fingerprint density at radius 2 is 1.73 bits per heavy atom. The van der Waals surface area contributed by atoms with Crippen molar-refractivity contribution in [2.75, 3.05) is 20.2 Å². The number of benzene rings is 1. The maximum absolute atomic E-state index is 12.5.